The maximum atomic E-state index is 3.74. The van der Waals surface area contributed by atoms with Crippen molar-refractivity contribution in [2.75, 3.05) is 0 Å². The van der Waals surface area contributed by atoms with Gasteiger partial charge in [-0.1, -0.05) is 139 Å². The van der Waals surface area contributed by atoms with Gasteiger partial charge in [0, 0.05) is 22.0 Å². The number of rotatable bonds is 4. The standard InChI is InChI=1S/C35H37N/c1-33(2,3)27-20-17-25(18-21-27)31-23-26-19-22-30(24-32(26)36-31)35(34(4,5)6,28-13-9-7-10-14-28)29-15-11-8-12-16-29/h7-24,36H,1-6H3. The first kappa shape index (κ1) is 24.1. The van der Waals surface area contributed by atoms with Crippen LogP contribution in [-0.4, -0.2) is 4.98 Å². The van der Waals surface area contributed by atoms with E-state index < -0.39 is 0 Å². The molecule has 1 heterocycles. The molecule has 0 aliphatic carbocycles. The molecule has 5 rings (SSSR count). The Morgan fingerprint density at radius 1 is 0.500 bits per heavy atom. The highest BCUT2D eigenvalue weighted by molar-refractivity contribution is 5.87. The molecule has 0 bridgehead atoms. The predicted octanol–water partition coefficient (Wildman–Crippen LogP) is 9.51. The maximum absolute atomic E-state index is 3.74. The van der Waals surface area contributed by atoms with Crippen molar-refractivity contribution in [3.05, 3.63) is 131 Å². The summed E-state index contributed by atoms with van der Waals surface area (Å²) in [7, 11) is 0. The minimum absolute atomic E-state index is 0.0679. The number of hydrogen-bond donors (Lipinski definition) is 1. The van der Waals surface area contributed by atoms with Gasteiger partial charge in [0.1, 0.15) is 0 Å². The third-order valence-corrected chi connectivity index (χ3v) is 7.66. The van der Waals surface area contributed by atoms with Gasteiger partial charge in [-0.3, -0.25) is 0 Å². The van der Waals surface area contributed by atoms with Gasteiger partial charge in [-0.25, -0.2) is 0 Å². The maximum Gasteiger partial charge on any atom is 0.0500 e. The first-order valence-corrected chi connectivity index (χ1v) is 13.0. The van der Waals surface area contributed by atoms with Crippen LogP contribution in [-0.2, 0) is 10.8 Å². The number of benzene rings is 4. The SMILES string of the molecule is CC(C)(C)c1ccc(-c2cc3ccc(C(c4ccccc4)(c4ccccc4)C(C)(C)C)cc3[nH]2)cc1. The zero-order valence-corrected chi connectivity index (χ0v) is 22.4. The molecule has 0 saturated carbocycles. The fourth-order valence-electron chi connectivity index (χ4n) is 5.84. The first-order valence-electron chi connectivity index (χ1n) is 13.0. The van der Waals surface area contributed by atoms with Crippen LogP contribution in [0, 0.1) is 5.41 Å². The van der Waals surface area contributed by atoms with Crippen molar-refractivity contribution in [3.8, 4) is 11.3 Å². The summed E-state index contributed by atoms with van der Waals surface area (Å²) >= 11 is 0. The second-order valence-corrected chi connectivity index (χ2v) is 12.0. The van der Waals surface area contributed by atoms with Crippen molar-refractivity contribution in [1.29, 1.82) is 0 Å². The number of fused-ring (bicyclic) bond motifs is 1. The Balaban J connectivity index is 1.69. The summed E-state index contributed by atoms with van der Waals surface area (Å²) in [5, 5.41) is 1.23. The minimum atomic E-state index is -0.302. The number of aromatic nitrogens is 1. The molecule has 1 N–H and O–H groups in total. The summed E-state index contributed by atoms with van der Waals surface area (Å²) in [6.07, 6.45) is 0. The number of H-pyrrole nitrogens is 1. The van der Waals surface area contributed by atoms with Crippen molar-refractivity contribution in [2.45, 2.75) is 52.4 Å². The van der Waals surface area contributed by atoms with Crippen LogP contribution in [0.15, 0.2) is 109 Å². The molecule has 0 radical (unpaired) electrons. The third kappa shape index (κ3) is 4.07. The second-order valence-electron chi connectivity index (χ2n) is 12.0. The van der Waals surface area contributed by atoms with Crippen LogP contribution in [0.3, 0.4) is 0 Å². The lowest BCUT2D eigenvalue weighted by molar-refractivity contribution is 0.272. The van der Waals surface area contributed by atoms with Crippen molar-refractivity contribution < 1.29 is 0 Å². The average molecular weight is 472 g/mol. The molecule has 0 atom stereocenters. The highest BCUT2D eigenvalue weighted by Crippen LogP contribution is 2.52. The zero-order chi connectivity index (χ0) is 25.6. The third-order valence-electron chi connectivity index (χ3n) is 7.66. The lowest BCUT2D eigenvalue weighted by Gasteiger charge is -2.47. The van der Waals surface area contributed by atoms with Gasteiger partial charge >= 0.3 is 0 Å². The Morgan fingerprint density at radius 3 is 1.53 bits per heavy atom. The average Bonchev–Trinajstić information content (AvgIpc) is 3.28. The Morgan fingerprint density at radius 2 is 1.03 bits per heavy atom. The summed E-state index contributed by atoms with van der Waals surface area (Å²) in [4.78, 5) is 3.74. The summed E-state index contributed by atoms with van der Waals surface area (Å²) in [5.74, 6) is 0. The van der Waals surface area contributed by atoms with E-state index in [4.69, 9.17) is 0 Å². The number of aromatic amines is 1. The molecule has 4 aromatic carbocycles. The lowest BCUT2D eigenvalue weighted by atomic mass is 9.56. The molecule has 0 saturated heterocycles. The highest BCUT2D eigenvalue weighted by atomic mass is 14.7. The molecule has 36 heavy (non-hydrogen) atoms. The van der Waals surface area contributed by atoms with E-state index in [-0.39, 0.29) is 16.2 Å². The van der Waals surface area contributed by atoms with Crippen LogP contribution in [0.4, 0.5) is 0 Å². The van der Waals surface area contributed by atoms with Gasteiger partial charge < -0.3 is 4.98 Å². The molecule has 182 valence electrons. The predicted molar refractivity (Wildman–Crippen MR) is 155 cm³/mol. The van der Waals surface area contributed by atoms with Gasteiger partial charge in [-0.15, -0.1) is 0 Å². The second kappa shape index (κ2) is 8.82. The smallest absolute Gasteiger partial charge is 0.0500 e. The van der Waals surface area contributed by atoms with Gasteiger partial charge in [0.05, 0.1) is 0 Å². The fraction of sp³-hybridized carbons (Fsp3) is 0.257. The molecule has 0 unspecified atom stereocenters. The molecule has 1 nitrogen and oxygen atoms in total. The molecular formula is C35H37N. The number of nitrogens with one attached hydrogen (secondary N) is 1. The fourth-order valence-corrected chi connectivity index (χ4v) is 5.84. The van der Waals surface area contributed by atoms with Gasteiger partial charge in [-0.2, -0.15) is 0 Å². The molecule has 1 aromatic heterocycles. The van der Waals surface area contributed by atoms with Crippen LogP contribution in [0.25, 0.3) is 22.2 Å². The van der Waals surface area contributed by atoms with E-state index in [9.17, 15) is 0 Å². The van der Waals surface area contributed by atoms with Crippen LogP contribution in [0.1, 0.15) is 63.8 Å². The van der Waals surface area contributed by atoms with Crippen molar-refractivity contribution >= 4 is 10.9 Å². The molecule has 0 aliphatic rings. The number of hydrogen-bond acceptors (Lipinski definition) is 0. The van der Waals surface area contributed by atoms with E-state index in [0.29, 0.717) is 0 Å². The molecule has 5 aromatic rings. The minimum Gasteiger partial charge on any atom is -0.355 e. The lowest BCUT2D eigenvalue weighted by Crippen LogP contribution is -2.42. The Kier molecular flexibility index (Phi) is 5.91. The van der Waals surface area contributed by atoms with E-state index >= 15 is 0 Å². The summed E-state index contributed by atoms with van der Waals surface area (Å²) < 4.78 is 0. The Hall–Kier alpha value is -3.58. The Labute approximate surface area is 216 Å². The van der Waals surface area contributed by atoms with E-state index in [1.165, 1.54) is 38.7 Å². The molecule has 0 fully saturated rings. The molecule has 0 amide bonds. The van der Waals surface area contributed by atoms with Gasteiger partial charge in [-0.05, 0) is 50.8 Å². The van der Waals surface area contributed by atoms with E-state index in [0.717, 1.165) is 5.69 Å². The van der Waals surface area contributed by atoms with E-state index in [1.807, 2.05) is 0 Å². The topological polar surface area (TPSA) is 15.8 Å². The molecular weight excluding hydrogens is 434 g/mol. The Bertz CT molecular complexity index is 1420. The van der Waals surface area contributed by atoms with Crippen LogP contribution in [0.5, 0.6) is 0 Å². The first-order chi connectivity index (χ1) is 17.1. The monoisotopic (exact) mass is 471 g/mol. The zero-order valence-electron chi connectivity index (χ0n) is 22.4. The molecule has 1 heteroatoms. The normalized spacial score (nSPS) is 12.7. The van der Waals surface area contributed by atoms with E-state index in [1.54, 1.807) is 0 Å². The molecule has 0 aliphatic heterocycles. The van der Waals surface area contributed by atoms with Gasteiger partial charge in [0.25, 0.3) is 0 Å². The van der Waals surface area contributed by atoms with E-state index in [2.05, 4.69) is 156 Å². The van der Waals surface area contributed by atoms with Crippen molar-refractivity contribution in [3.63, 3.8) is 0 Å². The van der Waals surface area contributed by atoms with Crippen molar-refractivity contribution in [2.24, 2.45) is 5.41 Å². The van der Waals surface area contributed by atoms with Crippen LogP contribution >= 0.6 is 0 Å². The van der Waals surface area contributed by atoms with Crippen LogP contribution in [0.2, 0.25) is 0 Å². The highest BCUT2D eigenvalue weighted by Gasteiger charge is 2.46. The van der Waals surface area contributed by atoms with Crippen molar-refractivity contribution in [1.82, 2.24) is 4.98 Å². The van der Waals surface area contributed by atoms with Gasteiger partial charge in [0.2, 0.25) is 0 Å². The van der Waals surface area contributed by atoms with Crippen LogP contribution < -0.4 is 0 Å². The van der Waals surface area contributed by atoms with Gasteiger partial charge in [0.15, 0.2) is 0 Å². The quantitative estimate of drug-likeness (QED) is 0.251. The summed E-state index contributed by atoms with van der Waals surface area (Å²) in [5.41, 5.74) is 8.60. The summed E-state index contributed by atoms with van der Waals surface area (Å²) in [6.45, 7) is 13.8. The largest absolute Gasteiger partial charge is 0.355 e. The molecule has 0 spiro atoms. The summed E-state index contributed by atoms with van der Waals surface area (Å²) in [6, 6.07) is 40.2.